The summed E-state index contributed by atoms with van der Waals surface area (Å²) < 4.78 is 0. The second-order valence-electron chi connectivity index (χ2n) is 5.18. The van der Waals surface area contributed by atoms with Crippen LogP contribution in [0.5, 0.6) is 0 Å². The van der Waals surface area contributed by atoms with Gasteiger partial charge in [-0.2, -0.15) is 0 Å². The Morgan fingerprint density at radius 1 is 1.46 bits per heavy atom. The third kappa shape index (κ3) is 2.32. The van der Waals surface area contributed by atoms with Crippen LogP contribution in [0.2, 0.25) is 0 Å². The van der Waals surface area contributed by atoms with Crippen molar-refractivity contribution in [3.8, 4) is 0 Å². The molecule has 2 heteroatoms. The second-order valence-corrected chi connectivity index (χ2v) is 5.18. The summed E-state index contributed by atoms with van der Waals surface area (Å²) in [6, 6.07) is 0. The van der Waals surface area contributed by atoms with Crippen molar-refractivity contribution < 1.29 is 10.2 Å². The van der Waals surface area contributed by atoms with Crippen LogP contribution in [-0.2, 0) is 0 Å². The van der Waals surface area contributed by atoms with Gasteiger partial charge >= 0.3 is 0 Å². The Kier molecular flexibility index (Phi) is 2.56. The third-order valence-electron chi connectivity index (χ3n) is 2.98. The first kappa shape index (κ1) is 10.7. The van der Waals surface area contributed by atoms with E-state index >= 15 is 0 Å². The molecule has 2 nitrogen and oxygen atoms in total. The van der Waals surface area contributed by atoms with E-state index in [2.05, 4.69) is 13.8 Å². The summed E-state index contributed by atoms with van der Waals surface area (Å²) in [5.74, 6) is 0. The summed E-state index contributed by atoms with van der Waals surface area (Å²) in [7, 11) is 0. The van der Waals surface area contributed by atoms with E-state index in [1.807, 2.05) is 6.08 Å². The molecule has 13 heavy (non-hydrogen) atoms. The molecule has 0 aliphatic heterocycles. The minimum absolute atomic E-state index is 0.0469. The molecule has 2 N–H and O–H groups in total. The molecule has 1 unspecified atom stereocenters. The molecule has 0 aromatic heterocycles. The molecule has 0 fully saturated rings. The predicted octanol–water partition coefficient (Wildman–Crippen LogP) is 1.86. The third-order valence-corrected chi connectivity index (χ3v) is 2.98. The van der Waals surface area contributed by atoms with Gasteiger partial charge in [0.15, 0.2) is 0 Å². The van der Waals surface area contributed by atoms with Crippen molar-refractivity contribution in [1.82, 2.24) is 0 Å². The van der Waals surface area contributed by atoms with E-state index in [0.717, 1.165) is 18.4 Å². The van der Waals surface area contributed by atoms with Gasteiger partial charge in [0, 0.05) is 0 Å². The molecular weight excluding hydrogens is 164 g/mol. The molecule has 1 rings (SSSR count). The Morgan fingerprint density at radius 3 is 2.38 bits per heavy atom. The summed E-state index contributed by atoms with van der Waals surface area (Å²) in [5.41, 5.74) is 0.131. The van der Waals surface area contributed by atoms with Crippen molar-refractivity contribution >= 4 is 0 Å². The van der Waals surface area contributed by atoms with Crippen LogP contribution < -0.4 is 0 Å². The fourth-order valence-electron chi connectivity index (χ4n) is 1.61. The smallest absolute Gasteiger partial charge is 0.0801 e. The topological polar surface area (TPSA) is 40.5 Å². The number of hydrogen-bond donors (Lipinski definition) is 2. The highest BCUT2D eigenvalue weighted by Gasteiger charge is 2.33. The summed E-state index contributed by atoms with van der Waals surface area (Å²) in [6.07, 6.45) is 3.20. The first-order chi connectivity index (χ1) is 5.73. The molecular formula is C11H20O2. The number of hydrogen-bond acceptors (Lipinski definition) is 2. The van der Waals surface area contributed by atoms with Gasteiger partial charge in [0.1, 0.15) is 0 Å². The molecule has 1 atom stereocenters. The Hall–Kier alpha value is -0.340. The average molecular weight is 184 g/mol. The fraction of sp³-hybridized carbons (Fsp3) is 0.818. The highest BCUT2D eigenvalue weighted by atomic mass is 16.3. The molecule has 0 amide bonds. The van der Waals surface area contributed by atoms with Crippen LogP contribution in [0, 0.1) is 5.41 Å². The molecule has 0 saturated heterocycles. The minimum atomic E-state index is -0.780. The average Bonchev–Trinajstić information content (AvgIpc) is 1.92. The molecule has 1 aliphatic rings. The van der Waals surface area contributed by atoms with Crippen LogP contribution >= 0.6 is 0 Å². The zero-order valence-electron chi connectivity index (χ0n) is 8.96. The molecule has 0 spiro atoms. The number of aliphatic hydroxyl groups excluding tert-OH is 1. The summed E-state index contributed by atoms with van der Waals surface area (Å²) >= 11 is 0. The minimum Gasteiger partial charge on any atom is -0.388 e. The lowest BCUT2D eigenvalue weighted by Gasteiger charge is -2.37. The largest absolute Gasteiger partial charge is 0.388 e. The van der Waals surface area contributed by atoms with Gasteiger partial charge in [-0.25, -0.2) is 0 Å². The van der Waals surface area contributed by atoms with Gasteiger partial charge in [0.25, 0.3) is 0 Å². The van der Waals surface area contributed by atoms with Crippen molar-refractivity contribution in [1.29, 1.82) is 0 Å². The standard InChI is InChI=1S/C11H20O2/c1-10(2)6-5-8(7-9(10)12)11(3,4)13/h7,9,12-13H,5-6H2,1-4H3. The van der Waals surface area contributed by atoms with E-state index < -0.39 is 11.7 Å². The number of rotatable bonds is 1. The van der Waals surface area contributed by atoms with E-state index in [-0.39, 0.29) is 5.41 Å². The highest BCUT2D eigenvalue weighted by Crippen LogP contribution is 2.37. The molecule has 0 aromatic rings. The first-order valence-corrected chi connectivity index (χ1v) is 4.85. The molecule has 1 aliphatic carbocycles. The SMILES string of the molecule is CC(C)(O)C1=CC(O)C(C)(C)CC1. The molecule has 76 valence electrons. The maximum absolute atomic E-state index is 9.78. The first-order valence-electron chi connectivity index (χ1n) is 4.85. The van der Waals surface area contributed by atoms with Crippen molar-refractivity contribution in [2.45, 2.75) is 52.2 Å². The van der Waals surface area contributed by atoms with E-state index in [1.165, 1.54) is 0 Å². The van der Waals surface area contributed by atoms with Gasteiger partial charge < -0.3 is 10.2 Å². The van der Waals surface area contributed by atoms with E-state index in [4.69, 9.17) is 0 Å². The highest BCUT2D eigenvalue weighted by molar-refractivity contribution is 5.20. The summed E-state index contributed by atoms with van der Waals surface area (Å²) in [5, 5.41) is 19.5. The van der Waals surface area contributed by atoms with E-state index in [1.54, 1.807) is 13.8 Å². The van der Waals surface area contributed by atoms with Gasteiger partial charge in [-0.1, -0.05) is 19.9 Å². The lowest BCUT2D eigenvalue weighted by atomic mass is 9.73. The maximum atomic E-state index is 9.78. The molecule has 0 bridgehead atoms. The predicted molar refractivity (Wildman–Crippen MR) is 53.4 cm³/mol. The molecule has 0 radical (unpaired) electrons. The quantitative estimate of drug-likeness (QED) is 0.611. The molecule has 0 aromatic carbocycles. The Balaban J connectivity index is 2.85. The van der Waals surface area contributed by atoms with Gasteiger partial charge in [-0.05, 0) is 37.7 Å². The Labute approximate surface area is 80.3 Å². The van der Waals surface area contributed by atoms with Gasteiger partial charge in [-0.3, -0.25) is 0 Å². The van der Waals surface area contributed by atoms with Crippen molar-refractivity contribution in [2.75, 3.05) is 0 Å². The lowest BCUT2D eigenvalue weighted by Crippen LogP contribution is -2.35. The van der Waals surface area contributed by atoms with Crippen LogP contribution in [0.4, 0.5) is 0 Å². The van der Waals surface area contributed by atoms with E-state index in [9.17, 15) is 10.2 Å². The molecule has 0 saturated carbocycles. The van der Waals surface area contributed by atoms with Crippen LogP contribution in [0.15, 0.2) is 11.6 Å². The normalized spacial score (nSPS) is 28.5. The Bertz CT molecular complexity index is 221. The lowest BCUT2D eigenvalue weighted by molar-refractivity contribution is 0.0556. The number of aliphatic hydroxyl groups is 2. The maximum Gasteiger partial charge on any atom is 0.0801 e. The zero-order valence-corrected chi connectivity index (χ0v) is 8.96. The van der Waals surface area contributed by atoms with Crippen LogP contribution in [0.1, 0.15) is 40.5 Å². The van der Waals surface area contributed by atoms with Crippen LogP contribution in [0.3, 0.4) is 0 Å². The van der Waals surface area contributed by atoms with Crippen molar-refractivity contribution in [2.24, 2.45) is 5.41 Å². The monoisotopic (exact) mass is 184 g/mol. The summed E-state index contributed by atoms with van der Waals surface area (Å²) in [6.45, 7) is 7.64. The molecule has 0 heterocycles. The van der Waals surface area contributed by atoms with Crippen LogP contribution in [-0.4, -0.2) is 21.9 Å². The zero-order chi connectivity index (χ0) is 10.3. The van der Waals surface area contributed by atoms with Gasteiger partial charge in [0.2, 0.25) is 0 Å². The summed E-state index contributed by atoms with van der Waals surface area (Å²) in [4.78, 5) is 0. The van der Waals surface area contributed by atoms with Gasteiger partial charge in [0.05, 0.1) is 11.7 Å². The van der Waals surface area contributed by atoms with E-state index in [0.29, 0.717) is 0 Å². The fourth-order valence-corrected chi connectivity index (χ4v) is 1.61. The van der Waals surface area contributed by atoms with Crippen molar-refractivity contribution in [3.05, 3.63) is 11.6 Å². The van der Waals surface area contributed by atoms with Crippen LogP contribution in [0.25, 0.3) is 0 Å². The van der Waals surface area contributed by atoms with Crippen molar-refractivity contribution in [3.63, 3.8) is 0 Å². The second kappa shape index (κ2) is 3.10. The Morgan fingerprint density at radius 2 is 2.00 bits per heavy atom. The van der Waals surface area contributed by atoms with Gasteiger partial charge in [-0.15, -0.1) is 0 Å².